The number of fused-ring (bicyclic) bond motifs is 1. The van der Waals surface area contributed by atoms with Crippen LogP contribution in [0, 0.1) is 5.82 Å². The normalized spacial score (nSPS) is 11.2. The molecule has 0 aliphatic carbocycles. The molecule has 0 radical (unpaired) electrons. The average molecular weight is 312 g/mol. The molecule has 6 heteroatoms. The quantitative estimate of drug-likeness (QED) is 0.772. The van der Waals surface area contributed by atoms with Crippen LogP contribution >= 0.6 is 0 Å². The lowest BCUT2D eigenvalue weighted by Gasteiger charge is -2.01. The number of aromatic carboxylic acids is 1. The van der Waals surface area contributed by atoms with Crippen LogP contribution in [0.3, 0.4) is 0 Å². The van der Waals surface area contributed by atoms with Crippen molar-refractivity contribution < 1.29 is 19.0 Å². The lowest BCUT2D eigenvalue weighted by Crippen LogP contribution is -1.96. The molecule has 0 unspecified atom stereocenters. The van der Waals surface area contributed by atoms with Crippen LogP contribution in [0.25, 0.3) is 23.2 Å². The second-order valence-corrected chi connectivity index (χ2v) is 4.85. The molecular formula is C17H13FN2O3. The highest BCUT2D eigenvalue weighted by molar-refractivity contribution is 6.01. The topological polar surface area (TPSA) is 75.2 Å². The van der Waals surface area contributed by atoms with E-state index in [1.54, 1.807) is 30.4 Å². The molecule has 2 N–H and O–H groups in total. The fourth-order valence-electron chi connectivity index (χ4n) is 2.27. The molecule has 116 valence electrons. The molecule has 0 aliphatic rings. The zero-order valence-corrected chi connectivity index (χ0v) is 12.2. The smallest absolute Gasteiger partial charge is 0.337 e. The minimum absolute atomic E-state index is 0.158. The van der Waals surface area contributed by atoms with Gasteiger partial charge in [-0.2, -0.15) is 0 Å². The van der Waals surface area contributed by atoms with Crippen molar-refractivity contribution in [2.75, 3.05) is 7.11 Å². The van der Waals surface area contributed by atoms with Gasteiger partial charge in [0, 0.05) is 0 Å². The summed E-state index contributed by atoms with van der Waals surface area (Å²) >= 11 is 0. The molecule has 3 rings (SSSR count). The number of para-hydroxylation sites is 1. The number of aromatic nitrogens is 2. The zero-order valence-electron chi connectivity index (χ0n) is 12.2. The third kappa shape index (κ3) is 2.91. The van der Waals surface area contributed by atoms with Crippen molar-refractivity contribution in [3.8, 4) is 5.75 Å². The molecule has 0 spiro atoms. The summed E-state index contributed by atoms with van der Waals surface area (Å²) in [7, 11) is 1.41. The Morgan fingerprint density at radius 1 is 1.30 bits per heavy atom. The molecule has 2 aromatic carbocycles. The molecule has 23 heavy (non-hydrogen) atoms. The molecule has 0 bridgehead atoms. The molecule has 0 saturated heterocycles. The first kappa shape index (κ1) is 14.8. The number of carbonyl (C=O) groups is 1. The SMILES string of the molecule is COc1ccc(C=Cc2nc3cccc(C(=O)O)c3[nH]2)cc1F. The molecule has 1 aromatic heterocycles. The van der Waals surface area contributed by atoms with E-state index in [1.807, 2.05) is 0 Å². The van der Waals surface area contributed by atoms with Crippen molar-refractivity contribution in [1.29, 1.82) is 0 Å². The number of methoxy groups -OCH3 is 1. The lowest BCUT2D eigenvalue weighted by atomic mass is 10.2. The van der Waals surface area contributed by atoms with E-state index in [1.165, 1.54) is 25.3 Å². The van der Waals surface area contributed by atoms with Crippen molar-refractivity contribution in [3.05, 3.63) is 59.2 Å². The maximum absolute atomic E-state index is 13.6. The number of H-pyrrole nitrogens is 1. The Morgan fingerprint density at radius 2 is 2.13 bits per heavy atom. The Balaban J connectivity index is 1.94. The maximum atomic E-state index is 13.6. The summed E-state index contributed by atoms with van der Waals surface area (Å²) in [5.41, 5.74) is 1.82. The lowest BCUT2D eigenvalue weighted by molar-refractivity contribution is 0.0699. The minimum Gasteiger partial charge on any atom is -0.494 e. The minimum atomic E-state index is -1.02. The average Bonchev–Trinajstić information content (AvgIpc) is 2.95. The number of benzene rings is 2. The van der Waals surface area contributed by atoms with Crippen LogP contribution in [0.2, 0.25) is 0 Å². The highest BCUT2D eigenvalue weighted by atomic mass is 19.1. The molecule has 0 aliphatic heterocycles. The van der Waals surface area contributed by atoms with Gasteiger partial charge in [-0.1, -0.05) is 18.2 Å². The van der Waals surface area contributed by atoms with Gasteiger partial charge in [0.15, 0.2) is 11.6 Å². The number of nitrogens with one attached hydrogen (secondary N) is 1. The highest BCUT2D eigenvalue weighted by Gasteiger charge is 2.11. The molecule has 5 nitrogen and oxygen atoms in total. The van der Waals surface area contributed by atoms with Crippen LogP contribution in [-0.2, 0) is 0 Å². The number of halogens is 1. The molecule has 3 aromatic rings. The van der Waals surface area contributed by atoms with Crippen molar-refractivity contribution in [3.63, 3.8) is 0 Å². The number of ether oxygens (including phenoxy) is 1. The van der Waals surface area contributed by atoms with E-state index < -0.39 is 11.8 Å². The highest BCUT2D eigenvalue weighted by Crippen LogP contribution is 2.20. The van der Waals surface area contributed by atoms with Crippen molar-refractivity contribution in [1.82, 2.24) is 9.97 Å². The summed E-state index contributed by atoms with van der Waals surface area (Å²) in [5, 5.41) is 9.16. The predicted molar refractivity (Wildman–Crippen MR) is 84.9 cm³/mol. The van der Waals surface area contributed by atoms with Crippen LogP contribution in [0.1, 0.15) is 21.7 Å². The van der Waals surface area contributed by atoms with Crippen LogP contribution in [0.4, 0.5) is 4.39 Å². The predicted octanol–water partition coefficient (Wildman–Crippen LogP) is 3.58. The van der Waals surface area contributed by atoms with Gasteiger partial charge in [-0.3, -0.25) is 0 Å². The molecule has 0 fully saturated rings. The Kier molecular flexibility index (Phi) is 3.80. The number of hydrogen-bond donors (Lipinski definition) is 2. The van der Waals surface area contributed by atoms with E-state index in [-0.39, 0.29) is 11.3 Å². The van der Waals surface area contributed by atoms with E-state index in [0.29, 0.717) is 22.4 Å². The number of carboxylic acid groups (broad SMARTS) is 1. The summed E-state index contributed by atoms with van der Waals surface area (Å²) in [6.07, 6.45) is 3.34. The molecular weight excluding hydrogens is 299 g/mol. The van der Waals surface area contributed by atoms with Crippen LogP contribution in [0.15, 0.2) is 36.4 Å². The van der Waals surface area contributed by atoms with Gasteiger partial charge in [0.1, 0.15) is 5.82 Å². The summed E-state index contributed by atoms with van der Waals surface area (Å²) in [5.74, 6) is -0.804. The van der Waals surface area contributed by atoms with Gasteiger partial charge in [-0.15, -0.1) is 0 Å². The fraction of sp³-hybridized carbons (Fsp3) is 0.0588. The van der Waals surface area contributed by atoms with Gasteiger partial charge in [0.2, 0.25) is 0 Å². The van der Waals surface area contributed by atoms with Gasteiger partial charge in [-0.05, 0) is 35.9 Å². The number of aromatic amines is 1. The summed E-state index contributed by atoms with van der Waals surface area (Å²) in [6.45, 7) is 0. The van der Waals surface area contributed by atoms with Gasteiger partial charge in [-0.25, -0.2) is 14.2 Å². The summed E-state index contributed by atoms with van der Waals surface area (Å²) in [4.78, 5) is 18.4. The van der Waals surface area contributed by atoms with Crippen molar-refractivity contribution in [2.24, 2.45) is 0 Å². The fourth-order valence-corrected chi connectivity index (χ4v) is 2.27. The molecule has 0 amide bonds. The first-order valence-corrected chi connectivity index (χ1v) is 6.82. The Labute approximate surface area is 131 Å². The molecule has 0 saturated carbocycles. The third-order valence-electron chi connectivity index (χ3n) is 3.38. The van der Waals surface area contributed by atoms with Crippen LogP contribution in [0.5, 0.6) is 5.75 Å². The number of hydrogen-bond acceptors (Lipinski definition) is 3. The van der Waals surface area contributed by atoms with E-state index in [9.17, 15) is 9.18 Å². The standard InChI is InChI=1S/C17H13FN2O3/c1-23-14-7-5-10(9-12(14)18)6-8-15-19-13-4-2-3-11(17(21)22)16(13)20-15/h2-9H,1H3,(H,19,20)(H,21,22). The maximum Gasteiger partial charge on any atom is 0.337 e. The molecule has 1 heterocycles. The summed E-state index contributed by atoms with van der Waals surface area (Å²) < 4.78 is 18.5. The van der Waals surface area contributed by atoms with E-state index in [2.05, 4.69) is 9.97 Å². The number of rotatable bonds is 4. The van der Waals surface area contributed by atoms with Gasteiger partial charge in [0.05, 0.1) is 23.7 Å². The first-order chi connectivity index (χ1) is 11.1. The van der Waals surface area contributed by atoms with Gasteiger partial charge in [0.25, 0.3) is 0 Å². The zero-order chi connectivity index (χ0) is 16.4. The molecule has 0 atom stereocenters. The number of nitrogens with zero attached hydrogens (tertiary/aromatic N) is 1. The number of carboxylic acids is 1. The third-order valence-corrected chi connectivity index (χ3v) is 3.38. The van der Waals surface area contributed by atoms with E-state index >= 15 is 0 Å². The largest absolute Gasteiger partial charge is 0.494 e. The first-order valence-electron chi connectivity index (χ1n) is 6.82. The second kappa shape index (κ2) is 5.92. The van der Waals surface area contributed by atoms with Crippen molar-refractivity contribution >= 4 is 29.2 Å². The van der Waals surface area contributed by atoms with E-state index in [0.717, 1.165) is 0 Å². The van der Waals surface area contributed by atoms with Gasteiger partial charge >= 0.3 is 5.97 Å². The summed E-state index contributed by atoms with van der Waals surface area (Å²) in [6, 6.07) is 9.47. The van der Waals surface area contributed by atoms with Crippen LogP contribution in [-0.4, -0.2) is 28.2 Å². The monoisotopic (exact) mass is 312 g/mol. The Morgan fingerprint density at radius 3 is 2.83 bits per heavy atom. The van der Waals surface area contributed by atoms with Crippen molar-refractivity contribution in [2.45, 2.75) is 0 Å². The van der Waals surface area contributed by atoms with E-state index in [4.69, 9.17) is 9.84 Å². The van der Waals surface area contributed by atoms with Gasteiger partial charge < -0.3 is 14.8 Å². The Hall–Kier alpha value is -3.15. The second-order valence-electron chi connectivity index (χ2n) is 4.85. The number of imidazole rings is 1. The van der Waals surface area contributed by atoms with Crippen LogP contribution < -0.4 is 4.74 Å². The Bertz CT molecular complexity index is 915.